The number of aryl methyl sites for hydroxylation is 1. The first kappa shape index (κ1) is 14.1. The molecule has 2 aliphatic rings. The van der Waals surface area contributed by atoms with E-state index in [0.29, 0.717) is 0 Å². The standard InChI is InChI=1S/C16H27N3O/c1-13(2)15-8-16(20-12-15)4-6-19(7-5-16)11-14-9-17-18(3)10-14/h9-10,13,15H,4-8,11-12H2,1-3H3/t15-/m1/s1. The zero-order valence-corrected chi connectivity index (χ0v) is 13.0. The zero-order chi connectivity index (χ0) is 14.2. The Morgan fingerprint density at radius 2 is 2.15 bits per heavy atom. The van der Waals surface area contributed by atoms with Gasteiger partial charge in [0.25, 0.3) is 0 Å². The summed E-state index contributed by atoms with van der Waals surface area (Å²) in [6.07, 6.45) is 7.74. The lowest BCUT2D eigenvalue weighted by Crippen LogP contribution is -2.43. The van der Waals surface area contributed by atoms with Crippen LogP contribution in [-0.2, 0) is 18.3 Å². The Kier molecular flexibility index (Phi) is 3.87. The summed E-state index contributed by atoms with van der Waals surface area (Å²) in [4.78, 5) is 2.54. The smallest absolute Gasteiger partial charge is 0.0710 e. The second kappa shape index (κ2) is 5.49. The monoisotopic (exact) mass is 277 g/mol. The van der Waals surface area contributed by atoms with E-state index in [0.717, 1.165) is 38.1 Å². The average Bonchev–Trinajstić information content (AvgIpc) is 3.00. The molecule has 0 radical (unpaired) electrons. The molecule has 0 bridgehead atoms. The molecule has 0 amide bonds. The average molecular weight is 277 g/mol. The Bertz CT molecular complexity index is 446. The van der Waals surface area contributed by atoms with E-state index in [2.05, 4.69) is 30.0 Å². The maximum absolute atomic E-state index is 6.21. The van der Waals surface area contributed by atoms with E-state index in [-0.39, 0.29) is 5.60 Å². The molecule has 4 nitrogen and oxygen atoms in total. The van der Waals surface area contributed by atoms with Crippen molar-refractivity contribution in [2.45, 2.75) is 45.3 Å². The van der Waals surface area contributed by atoms with Crippen molar-refractivity contribution < 1.29 is 4.74 Å². The quantitative estimate of drug-likeness (QED) is 0.850. The minimum atomic E-state index is 0.195. The fourth-order valence-electron chi connectivity index (χ4n) is 3.59. The van der Waals surface area contributed by atoms with Crippen molar-refractivity contribution in [1.82, 2.24) is 14.7 Å². The van der Waals surface area contributed by atoms with Crippen molar-refractivity contribution in [3.8, 4) is 0 Å². The largest absolute Gasteiger partial charge is 0.375 e. The topological polar surface area (TPSA) is 30.3 Å². The molecule has 3 heterocycles. The van der Waals surface area contributed by atoms with E-state index in [1.165, 1.54) is 24.8 Å². The highest BCUT2D eigenvalue weighted by Gasteiger charge is 2.43. The minimum absolute atomic E-state index is 0.195. The molecule has 1 atom stereocenters. The van der Waals surface area contributed by atoms with Crippen molar-refractivity contribution in [1.29, 1.82) is 0 Å². The molecule has 0 aromatic carbocycles. The van der Waals surface area contributed by atoms with Gasteiger partial charge in [-0.3, -0.25) is 9.58 Å². The van der Waals surface area contributed by atoms with Crippen LogP contribution in [0.25, 0.3) is 0 Å². The van der Waals surface area contributed by atoms with E-state index in [4.69, 9.17) is 4.74 Å². The van der Waals surface area contributed by atoms with Crippen LogP contribution in [0.5, 0.6) is 0 Å². The molecule has 2 aliphatic heterocycles. The molecule has 0 saturated carbocycles. The summed E-state index contributed by atoms with van der Waals surface area (Å²) in [5.41, 5.74) is 1.51. The number of hydrogen-bond acceptors (Lipinski definition) is 3. The van der Waals surface area contributed by atoms with Gasteiger partial charge >= 0.3 is 0 Å². The fourth-order valence-corrected chi connectivity index (χ4v) is 3.59. The third kappa shape index (κ3) is 2.91. The second-order valence-corrected chi connectivity index (χ2v) is 7.00. The van der Waals surface area contributed by atoms with Crippen LogP contribution < -0.4 is 0 Å². The van der Waals surface area contributed by atoms with E-state index in [1.807, 2.05) is 17.9 Å². The van der Waals surface area contributed by atoms with Gasteiger partial charge in [0.15, 0.2) is 0 Å². The van der Waals surface area contributed by atoms with Gasteiger partial charge in [0.05, 0.1) is 18.4 Å². The summed E-state index contributed by atoms with van der Waals surface area (Å²) >= 11 is 0. The number of piperidine rings is 1. The van der Waals surface area contributed by atoms with Gasteiger partial charge < -0.3 is 4.74 Å². The van der Waals surface area contributed by atoms with Crippen LogP contribution >= 0.6 is 0 Å². The molecule has 1 spiro atoms. The van der Waals surface area contributed by atoms with Crippen molar-refractivity contribution in [3.05, 3.63) is 18.0 Å². The molecule has 0 aliphatic carbocycles. The third-order valence-electron chi connectivity index (χ3n) is 5.11. The lowest BCUT2D eigenvalue weighted by molar-refractivity contribution is -0.0452. The number of rotatable bonds is 3. The second-order valence-electron chi connectivity index (χ2n) is 7.00. The Balaban J connectivity index is 1.52. The summed E-state index contributed by atoms with van der Waals surface area (Å²) in [5.74, 6) is 1.52. The van der Waals surface area contributed by atoms with Crippen molar-refractivity contribution in [3.63, 3.8) is 0 Å². The van der Waals surface area contributed by atoms with Gasteiger partial charge in [-0.1, -0.05) is 13.8 Å². The lowest BCUT2D eigenvalue weighted by atomic mass is 9.82. The normalized spacial score (nSPS) is 26.7. The van der Waals surface area contributed by atoms with Gasteiger partial charge in [-0.15, -0.1) is 0 Å². The van der Waals surface area contributed by atoms with Gasteiger partial charge in [0.1, 0.15) is 0 Å². The van der Waals surface area contributed by atoms with Crippen LogP contribution in [0.1, 0.15) is 38.7 Å². The maximum Gasteiger partial charge on any atom is 0.0710 e. The van der Waals surface area contributed by atoms with E-state index in [1.54, 1.807) is 0 Å². The summed E-state index contributed by atoms with van der Waals surface area (Å²) in [5, 5.41) is 4.25. The van der Waals surface area contributed by atoms with Crippen LogP contribution in [0.2, 0.25) is 0 Å². The van der Waals surface area contributed by atoms with Crippen LogP contribution in [0.15, 0.2) is 12.4 Å². The summed E-state index contributed by atoms with van der Waals surface area (Å²) in [6.45, 7) is 8.95. The molecular weight excluding hydrogens is 250 g/mol. The first-order valence-electron chi connectivity index (χ1n) is 7.90. The SMILES string of the molecule is CC(C)[C@H]1COC2(CCN(Cc3cnn(C)c3)CC2)C1. The van der Waals surface area contributed by atoms with E-state index < -0.39 is 0 Å². The van der Waals surface area contributed by atoms with E-state index >= 15 is 0 Å². The Morgan fingerprint density at radius 3 is 2.70 bits per heavy atom. The predicted octanol–water partition coefficient (Wildman–Crippen LogP) is 2.45. The number of likely N-dealkylation sites (tertiary alicyclic amines) is 1. The molecule has 4 heteroatoms. The van der Waals surface area contributed by atoms with Crippen molar-refractivity contribution in [2.24, 2.45) is 18.9 Å². The predicted molar refractivity (Wildman–Crippen MR) is 79.3 cm³/mol. The highest BCUT2D eigenvalue weighted by molar-refractivity contribution is 5.04. The van der Waals surface area contributed by atoms with Crippen LogP contribution in [0.4, 0.5) is 0 Å². The summed E-state index contributed by atoms with van der Waals surface area (Å²) in [7, 11) is 1.98. The van der Waals surface area contributed by atoms with Gasteiger partial charge in [0, 0.05) is 38.4 Å². The van der Waals surface area contributed by atoms with Crippen LogP contribution in [-0.4, -0.2) is 40.0 Å². The van der Waals surface area contributed by atoms with Crippen LogP contribution in [0, 0.1) is 11.8 Å². The third-order valence-corrected chi connectivity index (χ3v) is 5.11. The highest BCUT2D eigenvalue weighted by atomic mass is 16.5. The highest BCUT2D eigenvalue weighted by Crippen LogP contribution is 2.41. The zero-order valence-electron chi connectivity index (χ0n) is 13.0. The summed E-state index contributed by atoms with van der Waals surface area (Å²) < 4.78 is 8.10. The fraction of sp³-hybridized carbons (Fsp3) is 0.812. The van der Waals surface area contributed by atoms with E-state index in [9.17, 15) is 0 Å². The Hall–Kier alpha value is -0.870. The lowest BCUT2D eigenvalue weighted by Gasteiger charge is -2.38. The Labute approximate surface area is 122 Å². The van der Waals surface area contributed by atoms with Gasteiger partial charge in [-0.05, 0) is 31.1 Å². The molecule has 0 unspecified atom stereocenters. The van der Waals surface area contributed by atoms with Gasteiger partial charge in [0.2, 0.25) is 0 Å². The molecule has 20 heavy (non-hydrogen) atoms. The number of aromatic nitrogens is 2. The van der Waals surface area contributed by atoms with Crippen LogP contribution in [0.3, 0.4) is 0 Å². The molecule has 2 fully saturated rings. The molecule has 3 rings (SSSR count). The van der Waals surface area contributed by atoms with Gasteiger partial charge in [-0.25, -0.2) is 0 Å². The number of hydrogen-bond donors (Lipinski definition) is 0. The summed E-state index contributed by atoms with van der Waals surface area (Å²) in [6, 6.07) is 0. The minimum Gasteiger partial charge on any atom is -0.375 e. The molecule has 2 saturated heterocycles. The van der Waals surface area contributed by atoms with Gasteiger partial charge in [-0.2, -0.15) is 5.10 Å². The molecule has 0 N–H and O–H groups in total. The number of nitrogens with zero attached hydrogens (tertiary/aromatic N) is 3. The molecule has 1 aromatic rings. The molecule has 1 aromatic heterocycles. The van der Waals surface area contributed by atoms with Crippen molar-refractivity contribution >= 4 is 0 Å². The van der Waals surface area contributed by atoms with Crippen molar-refractivity contribution in [2.75, 3.05) is 19.7 Å². The maximum atomic E-state index is 6.21. The first-order chi connectivity index (χ1) is 9.56. The molecule has 112 valence electrons. The molecular formula is C16H27N3O. The number of ether oxygens (including phenoxy) is 1. The Morgan fingerprint density at radius 1 is 1.40 bits per heavy atom. The first-order valence-corrected chi connectivity index (χ1v) is 7.90.